The van der Waals surface area contributed by atoms with Gasteiger partial charge in [0, 0.05) is 11.1 Å². The molecule has 0 aliphatic heterocycles. The third kappa shape index (κ3) is 12.4. The number of carbonyl (C=O) groups is 2. The Bertz CT molecular complexity index is 751. The van der Waals surface area contributed by atoms with Crippen LogP contribution in [0.4, 0.5) is 0 Å². The lowest BCUT2D eigenvalue weighted by Gasteiger charge is -2.14. The molecule has 0 saturated heterocycles. The van der Waals surface area contributed by atoms with Gasteiger partial charge in [0.05, 0.1) is 19.8 Å². The number of benzene rings is 2. The lowest BCUT2D eigenvalue weighted by Crippen LogP contribution is -2.41. The van der Waals surface area contributed by atoms with Gasteiger partial charge in [-0.25, -0.2) is 0 Å². The molecule has 0 aliphatic carbocycles. The van der Waals surface area contributed by atoms with Crippen LogP contribution in [0.15, 0.2) is 48.5 Å². The Morgan fingerprint density at radius 2 is 1.41 bits per heavy atom. The van der Waals surface area contributed by atoms with E-state index in [9.17, 15) is 9.59 Å². The first kappa shape index (κ1) is 29.4. The molecule has 29 heavy (non-hydrogen) atoms. The van der Waals surface area contributed by atoms with E-state index in [0.717, 1.165) is 0 Å². The van der Waals surface area contributed by atoms with E-state index in [2.05, 4.69) is 5.43 Å². The van der Waals surface area contributed by atoms with Crippen LogP contribution in [0.3, 0.4) is 0 Å². The van der Waals surface area contributed by atoms with Gasteiger partial charge in [-0.2, -0.15) is 0 Å². The summed E-state index contributed by atoms with van der Waals surface area (Å²) in [6, 6.07) is 13.7. The first-order valence-corrected chi connectivity index (χ1v) is 8.96. The number of carbonyl (C=O) groups excluding carboxylic acids is 2. The van der Waals surface area contributed by atoms with E-state index in [0.29, 0.717) is 22.6 Å². The van der Waals surface area contributed by atoms with Crippen LogP contribution in [0.1, 0.15) is 41.5 Å². The van der Waals surface area contributed by atoms with E-state index >= 15 is 0 Å². The quantitative estimate of drug-likeness (QED) is 0.382. The maximum absolute atomic E-state index is 10.9. The van der Waals surface area contributed by atoms with E-state index in [1.165, 1.54) is 14.2 Å². The fourth-order valence-electron chi connectivity index (χ4n) is 1.61. The molecule has 0 atom stereocenters. The lowest BCUT2D eigenvalue weighted by atomic mass is 10.1. The summed E-state index contributed by atoms with van der Waals surface area (Å²) in [5.74, 6) is 5.92. The maximum atomic E-state index is 10.9. The van der Waals surface area contributed by atoms with E-state index in [1.54, 1.807) is 42.5 Å². The number of halogens is 3. The summed E-state index contributed by atoms with van der Waals surface area (Å²) in [7, 11) is 2.96. The summed E-state index contributed by atoms with van der Waals surface area (Å²) in [4.78, 5) is 21.3. The molecule has 0 aromatic heterocycles. The van der Waals surface area contributed by atoms with Crippen molar-refractivity contribution in [2.75, 3.05) is 14.2 Å². The third-order valence-electron chi connectivity index (χ3n) is 3.05. The molecule has 2 aromatic carbocycles. The molecule has 0 unspecified atom stereocenters. The molecule has 0 fully saturated rings. The first-order valence-electron chi connectivity index (χ1n) is 8.20. The molecular formula is C20H27Cl3N2O4. The molecular weight excluding hydrogens is 439 g/mol. The van der Waals surface area contributed by atoms with Crippen molar-refractivity contribution in [2.24, 2.45) is 5.84 Å². The van der Waals surface area contributed by atoms with E-state index < -0.39 is 10.5 Å². The van der Waals surface area contributed by atoms with Crippen LogP contribution in [-0.2, 0) is 0 Å². The molecule has 0 amide bonds. The zero-order chi connectivity index (χ0) is 21.7. The molecule has 0 radical (unpaired) electrons. The number of hydrazine groups is 1. The molecule has 3 N–H and O–H groups in total. The molecule has 2 aromatic rings. The number of rotatable bonds is 4. The first-order chi connectivity index (χ1) is 13.1. The second kappa shape index (κ2) is 15.1. The molecule has 0 aliphatic rings. The van der Waals surface area contributed by atoms with Crippen molar-refractivity contribution in [3.63, 3.8) is 0 Å². The van der Waals surface area contributed by atoms with E-state index in [-0.39, 0.29) is 17.9 Å². The Kier molecular flexibility index (Phi) is 15.3. The van der Waals surface area contributed by atoms with Gasteiger partial charge in [-0.1, -0.05) is 36.4 Å². The minimum Gasteiger partial charge on any atom is -0.493 e. The average molecular weight is 466 g/mol. The van der Waals surface area contributed by atoms with Crippen molar-refractivity contribution in [1.29, 1.82) is 0 Å². The van der Waals surface area contributed by atoms with Crippen LogP contribution in [0.25, 0.3) is 0 Å². The summed E-state index contributed by atoms with van der Waals surface area (Å²) in [6.45, 7) is 6.02. The lowest BCUT2D eigenvalue weighted by molar-refractivity contribution is 0.107. The molecule has 2 rings (SSSR count). The highest BCUT2D eigenvalue weighted by Crippen LogP contribution is 2.31. The number of hydrogen-bond donors (Lipinski definition) is 2. The van der Waals surface area contributed by atoms with Gasteiger partial charge in [0.15, 0.2) is 11.5 Å². The van der Waals surface area contributed by atoms with Gasteiger partial charge in [0.2, 0.25) is 0 Å². The van der Waals surface area contributed by atoms with Crippen molar-refractivity contribution < 1.29 is 19.1 Å². The Morgan fingerprint density at radius 3 is 1.72 bits per heavy atom. The van der Waals surface area contributed by atoms with Crippen LogP contribution < -0.4 is 20.7 Å². The molecule has 0 heterocycles. The molecule has 162 valence electrons. The van der Waals surface area contributed by atoms with E-state index in [1.807, 2.05) is 26.8 Å². The second-order valence-corrected chi connectivity index (χ2v) is 7.04. The fraction of sp³-hybridized carbons (Fsp3) is 0.300. The Labute approximate surface area is 188 Å². The van der Waals surface area contributed by atoms with Crippen molar-refractivity contribution >= 4 is 46.1 Å². The summed E-state index contributed by atoms with van der Waals surface area (Å²) in [6.07, 6.45) is 0. The zero-order valence-electron chi connectivity index (χ0n) is 17.0. The van der Waals surface area contributed by atoms with Crippen LogP contribution in [0, 0.1) is 0 Å². The Morgan fingerprint density at radius 1 is 0.897 bits per heavy atom. The Hall–Kier alpha value is -1.83. The van der Waals surface area contributed by atoms with Gasteiger partial charge in [-0.15, -0.1) is 12.4 Å². The van der Waals surface area contributed by atoms with Gasteiger partial charge < -0.3 is 9.47 Å². The highest BCUT2D eigenvalue weighted by molar-refractivity contribution is 6.68. The standard InChI is InChI=1S/C9H9ClO3.C7H5ClO.C4H12N2.ClH/c1-12-7-5-3-4-6(9(10)11)8(7)13-2;8-7(9)6-4-2-1-3-5-6;1-4(2,3)6-5;/h3-5H,1-2H3;1-5H;6H,5H2,1-3H3;1H. The number of ether oxygens (including phenoxy) is 2. The topological polar surface area (TPSA) is 90.7 Å². The molecule has 6 nitrogen and oxygen atoms in total. The summed E-state index contributed by atoms with van der Waals surface area (Å²) < 4.78 is 9.99. The van der Waals surface area contributed by atoms with Crippen LogP contribution in [0.5, 0.6) is 11.5 Å². The van der Waals surface area contributed by atoms with Gasteiger partial charge in [-0.05, 0) is 56.1 Å². The van der Waals surface area contributed by atoms with Gasteiger partial charge in [0.1, 0.15) is 0 Å². The SMILES string of the molecule is CC(C)(C)NN.COc1cccc(C(=O)Cl)c1OC.Cl.O=C(Cl)c1ccccc1. The normalized spacial score (nSPS) is 9.52. The fourth-order valence-corrected chi connectivity index (χ4v) is 1.89. The van der Waals surface area contributed by atoms with Crippen LogP contribution in [0.2, 0.25) is 0 Å². The number of para-hydroxylation sites is 1. The predicted molar refractivity (Wildman–Crippen MR) is 121 cm³/mol. The molecule has 0 saturated carbocycles. The highest BCUT2D eigenvalue weighted by atomic mass is 35.5. The molecule has 0 bridgehead atoms. The van der Waals surface area contributed by atoms with Crippen LogP contribution in [-0.4, -0.2) is 30.2 Å². The summed E-state index contributed by atoms with van der Waals surface area (Å²) in [5, 5.41) is -0.966. The maximum Gasteiger partial charge on any atom is 0.256 e. The van der Waals surface area contributed by atoms with Crippen molar-refractivity contribution in [2.45, 2.75) is 26.3 Å². The van der Waals surface area contributed by atoms with Crippen molar-refractivity contribution in [3.05, 3.63) is 59.7 Å². The third-order valence-corrected chi connectivity index (χ3v) is 3.47. The zero-order valence-corrected chi connectivity index (χ0v) is 19.3. The Balaban J connectivity index is 0. The summed E-state index contributed by atoms with van der Waals surface area (Å²) in [5.41, 5.74) is 3.52. The van der Waals surface area contributed by atoms with Gasteiger partial charge in [-0.3, -0.25) is 20.9 Å². The summed E-state index contributed by atoms with van der Waals surface area (Å²) >= 11 is 10.5. The molecule has 0 spiro atoms. The highest BCUT2D eigenvalue weighted by Gasteiger charge is 2.13. The number of nitrogens with one attached hydrogen (secondary N) is 1. The minimum absolute atomic E-state index is 0. The van der Waals surface area contributed by atoms with Crippen LogP contribution >= 0.6 is 35.6 Å². The average Bonchev–Trinajstić information content (AvgIpc) is 2.68. The number of methoxy groups -OCH3 is 2. The van der Waals surface area contributed by atoms with E-state index in [4.69, 9.17) is 38.5 Å². The molecule has 9 heteroatoms. The number of nitrogens with two attached hydrogens (primary N) is 1. The smallest absolute Gasteiger partial charge is 0.256 e. The number of hydrogen-bond acceptors (Lipinski definition) is 6. The van der Waals surface area contributed by atoms with Crippen molar-refractivity contribution in [1.82, 2.24) is 5.43 Å². The van der Waals surface area contributed by atoms with Gasteiger partial charge in [0.25, 0.3) is 10.5 Å². The minimum atomic E-state index is -0.559. The van der Waals surface area contributed by atoms with Crippen molar-refractivity contribution in [3.8, 4) is 11.5 Å². The second-order valence-electron chi connectivity index (χ2n) is 6.35. The monoisotopic (exact) mass is 464 g/mol. The predicted octanol–water partition coefficient (Wildman–Crippen LogP) is 4.82. The van der Waals surface area contributed by atoms with Gasteiger partial charge >= 0.3 is 0 Å². The largest absolute Gasteiger partial charge is 0.493 e.